The molecule has 0 saturated heterocycles. The molecule has 1 atom stereocenters. The Balaban J connectivity index is 1.63. The Kier molecular flexibility index (Phi) is 5.24. The molecule has 4 rings (SSSR count). The van der Waals surface area contributed by atoms with Crippen molar-refractivity contribution in [1.29, 1.82) is 0 Å². The first-order chi connectivity index (χ1) is 14.8. The van der Waals surface area contributed by atoms with E-state index in [1.165, 1.54) is 22.9 Å². The number of amides is 1. The number of hydrogen-bond acceptors (Lipinski definition) is 5. The first-order valence-corrected chi connectivity index (χ1v) is 9.80. The van der Waals surface area contributed by atoms with Gasteiger partial charge in [-0.05, 0) is 49.4 Å². The molecule has 1 aliphatic heterocycles. The van der Waals surface area contributed by atoms with E-state index >= 15 is 0 Å². The number of ether oxygens (including phenoxy) is 1. The summed E-state index contributed by atoms with van der Waals surface area (Å²) in [7, 11) is 1.47. The summed E-state index contributed by atoms with van der Waals surface area (Å²) in [4.78, 5) is 38.9. The van der Waals surface area contributed by atoms with Crippen LogP contribution in [0, 0.1) is 0 Å². The predicted molar refractivity (Wildman–Crippen MR) is 113 cm³/mol. The van der Waals surface area contributed by atoms with E-state index in [-0.39, 0.29) is 23.1 Å². The molecule has 0 saturated carbocycles. The van der Waals surface area contributed by atoms with Crippen molar-refractivity contribution in [3.63, 3.8) is 0 Å². The molecule has 1 amide bonds. The minimum atomic E-state index is -1.21. The summed E-state index contributed by atoms with van der Waals surface area (Å²) in [5, 5.41) is 13.8. The van der Waals surface area contributed by atoms with E-state index in [2.05, 4.69) is 5.10 Å². The number of carboxylic acid groups (broad SMARTS) is 1. The maximum atomic E-state index is 13.1. The first kappa shape index (κ1) is 20.6. The maximum absolute atomic E-state index is 13.1. The van der Waals surface area contributed by atoms with Crippen LogP contribution < -0.4 is 9.64 Å². The highest BCUT2D eigenvalue weighted by Crippen LogP contribution is 2.29. The fraction of sp³-hybridized carbons (Fsp3) is 0.182. The molecule has 158 valence electrons. The summed E-state index contributed by atoms with van der Waals surface area (Å²) in [5.41, 5.74) is 1.32. The lowest BCUT2D eigenvalue weighted by Crippen LogP contribution is -2.47. The third-order valence-corrected chi connectivity index (χ3v) is 5.50. The zero-order chi connectivity index (χ0) is 22.3. The zero-order valence-corrected chi connectivity index (χ0v) is 17.5. The smallest absolute Gasteiger partial charge is 0.339 e. The van der Waals surface area contributed by atoms with Crippen LogP contribution in [0.3, 0.4) is 0 Å². The number of rotatable bonds is 5. The van der Waals surface area contributed by atoms with E-state index in [1.807, 2.05) is 6.92 Å². The van der Waals surface area contributed by atoms with Gasteiger partial charge in [0, 0.05) is 16.8 Å². The van der Waals surface area contributed by atoms with E-state index in [0.717, 1.165) is 0 Å². The van der Waals surface area contributed by atoms with Crippen LogP contribution in [0.2, 0.25) is 5.02 Å². The summed E-state index contributed by atoms with van der Waals surface area (Å²) in [6, 6.07) is 11.1. The number of aromatic carboxylic acids is 1. The van der Waals surface area contributed by atoms with Crippen molar-refractivity contribution in [3.05, 3.63) is 76.1 Å². The number of aromatic nitrogens is 2. The van der Waals surface area contributed by atoms with Gasteiger partial charge in [0.1, 0.15) is 17.0 Å². The molecule has 31 heavy (non-hydrogen) atoms. The lowest BCUT2D eigenvalue weighted by molar-refractivity contribution is 0.0689. The molecule has 9 heteroatoms. The van der Waals surface area contributed by atoms with Crippen LogP contribution in [-0.2, 0) is 6.54 Å². The molecule has 3 aromatic rings. The van der Waals surface area contributed by atoms with Crippen LogP contribution in [0.1, 0.15) is 43.7 Å². The van der Waals surface area contributed by atoms with Crippen LogP contribution in [0.4, 0.5) is 5.69 Å². The number of carboxylic acids is 1. The van der Waals surface area contributed by atoms with Crippen LogP contribution >= 0.6 is 11.6 Å². The van der Waals surface area contributed by atoms with E-state index in [0.29, 0.717) is 34.1 Å². The number of carbonyl (C=O) groups excluding carboxylic acids is 2. The molecule has 8 nitrogen and oxygen atoms in total. The minimum absolute atomic E-state index is 0.0408. The van der Waals surface area contributed by atoms with Gasteiger partial charge in [-0.15, -0.1) is 0 Å². The highest BCUT2D eigenvalue weighted by Gasteiger charge is 2.35. The number of fused-ring (bicyclic) bond motifs is 1. The molecular formula is C22H18ClN3O5. The Labute approximate surface area is 182 Å². The van der Waals surface area contributed by atoms with Crippen LogP contribution in [0.5, 0.6) is 5.75 Å². The maximum Gasteiger partial charge on any atom is 0.339 e. The van der Waals surface area contributed by atoms with Crippen LogP contribution in [0.25, 0.3) is 0 Å². The summed E-state index contributed by atoms with van der Waals surface area (Å²) in [6.07, 6.45) is 1.19. The lowest BCUT2D eigenvalue weighted by atomic mass is 10.0. The van der Waals surface area contributed by atoms with Gasteiger partial charge in [0.25, 0.3) is 5.91 Å². The van der Waals surface area contributed by atoms with E-state index in [4.69, 9.17) is 16.3 Å². The number of methoxy groups -OCH3 is 1. The Hall–Kier alpha value is -3.65. The number of anilines is 1. The highest BCUT2D eigenvalue weighted by atomic mass is 35.5. The number of carbonyl (C=O) groups is 3. The Morgan fingerprint density at radius 1 is 1.16 bits per heavy atom. The van der Waals surface area contributed by atoms with Crippen LogP contribution in [0.15, 0.2) is 48.7 Å². The topological polar surface area (TPSA) is 102 Å². The summed E-state index contributed by atoms with van der Waals surface area (Å²) < 4.78 is 6.58. The van der Waals surface area contributed by atoms with Gasteiger partial charge >= 0.3 is 5.97 Å². The molecular weight excluding hydrogens is 422 g/mol. The largest absolute Gasteiger partial charge is 0.495 e. The monoisotopic (exact) mass is 439 g/mol. The molecule has 0 fully saturated rings. The van der Waals surface area contributed by atoms with Crippen molar-refractivity contribution in [2.24, 2.45) is 0 Å². The standard InChI is InChI=1S/C22H18ClN3O5/c1-12-11-25-19(16(10-24-25)22(29)30)21(28)26(12)15-6-3-13(4-7-15)20(27)14-5-8-17(23)18(9-14)31-2/h3-10,12H,11H2,1-2H3,(H,29,30). The van der Waals surface area contributed by atoms with Crippen molar-refractivity contribution in [3.8, 4) is 5.75 Å². The Morgan fingerprint density at radius 3 is 2.48 bits per heavy atom. The van der Waals surface area contributed by atoms with Gasteiger partial charge in [-0.3, -0.25) is 14.3 Å². The van der Waals surface area contributed by atoms with Gasteiger partial charge in [-0.2, -0.15) is 5.10 Å². The predicted octanol–water partition coefficient (Wildman–Crippen LogP) is 3.52. The molecule has 0 bridgehead atoms. The third-order valence-electron chi connectivity index (χ3n) is 5.19. The average Bonchev–Trinajstić information content (AvgIpc) is 3.18. The van der Waals surface area contributed by atoms with E-state index in [9.17, 15) is 19.5 Å². The molecule has 0 radical (unpaired) electrons. The molecule has 2 heterocycles. The normalized spacial score (nSPS) is 15.5. The Morgan fingerprint density at radius 2 is 1.84 bits per heavy atom. The molecule has 2 aromatic carbocycles. The zero-order valence-electron chi connectivity index (χ0n) is 16.7. The molecule has 1 unspecified atom stereocenters. The van der Waals surface area contributed by atoms with E-state index < -0.39 is 11.9 Å². The van der Waals surface area contributed by atoms with Gasteiger partial charge < -0.3 is 14.7 Å². The number of halogens is 1. The van der Waals surface area contributed by atoms with Crippen LogP contribution in [-0.4, -0.2) is 45.7 Å². The van der Waals surface area contributed by atoms with Gasteiger partial charge in [0.05, 0.1) is 30.9 Å². The molecule has 0 spiro atoms. The van der Waals surface area contributed by atoms with Gasteiger partial charge in [0.2, 0.25) is 0 Å². The number of benzene rings is 2. The van der Waals surface area contributed by atoms with Crippen molar-refractivity contribution in [2.75, 3.05) is 12.0 Å². The Bertz CT molecular complexity index is 1200. The summed E-state index contributed by atoms with van der Waals surface area (Å²) >= 11 is 6.02. The molecule has 0 aliphatic carbocycles. The van der Waals surface area contributed by atoms with Crippen molar-refractivity contribution < 1.29 is 24.2 Å². The number of ketones is 1. The quantitative estimate of drug-likeness (QED) is 0.610. The fourth-order valence-corrected chi connectivity index (χ4v) is 3.86. The van der Waals surface area contributed by atoms with Crippen molar-refractivity contribution in [1.82, 2.24) is 9.78 Å². The third kappa shape index (κ3) is 3.55. The summed E-state index contributed by atoms with van der Waals surface area (Å²) in [5.74, 6) is -1.47. The average molecular weight is 440 g/mol. The first-order valence-electron chi connectivity index (χ1n) is 9.42. The highest BCUT2D eigenvalue weighted by molar-refractivity contribution is 6.32. The molecule has 1 N–H and O–H groups in total. The van der Waals surface area contributed by atoms with Gasteiger partial charge in [-0.25, -0.2) is 4.79 Å². The lowest BCUT2D eigenvalue weighted by Gasteiger charge is -2.34. The van der Waals surface area contributed by atoms with Crippen molar-refractivity contribution >= 4 is 34.9 Å². The summed E-state index contributed by atoms with van der Waals surface area (Å²) in [6.45, 7) is 2.21. The van der Waals surface area contributed by atoms with E-state index in [1.54, 1.807) is 42.5 Å². The number of nitrogens with zero attached hydrogens (tertiary/aromatic N) is 3. The molecule has 1 aromatic heterocycles. The molecule has 1 aliphatic rings. The van der Waals surface area contributed by atoms with Gasteiger partial charge in [-0.1, -0.05) is 11.6 Å². The second-order valence-corrected chi connectivity index (χ2v) is 7.55. The van der Waals surface area contributed by atoms with Gasteiger partial charge in [0.15, 0.2) is 5.78 Å². The SMILES string of the molecule is COc1cc(C(=O)c2ccc(N3C(=O)c4c(C(=O)O)cnn4CC3C)cc2)ccc1Cl. The minimum Gasteiger partial charge on any atom is -0.495 e. The number of hydrogen-bond donors (Lipinski definition) is 1. The second-order valence-electron chi connectivity index (χ2n) is 7.14. The fourth-order valence-electron chi connectivity index (χ4n) is 3.66. The second kappa shape index (κ2) is 7.88. The van der Waals surface area contributed by atoms with Crippen molar-refractivity contribution in [2.45, 2.75) is 19.5 Å².